The number of hydrogen-bond acceptors (Lipinski definition) is 5. The first-order valence-electron chi connectivity index (χ1n) is 6.95. The lowest BCUT2D eigenvalue weighted by Gasteiger charge is -2.20. The second-order valence-electron chi connectivity index (χ2n) is 4.93. The lowest BCUT2D eigenvalue weighted by Crippen LogP contribution is -2.28. The van der Waals surface area contributed by atoms with Crippen molar-refractivity contribution in [2.24, 2.45) is 5.73 Å². The number of pyridine rings is 1. The van der Waals surface area contributed by atoms with Crippen molar-refractivity contribution < 1.29 is 9.47 Å². The van der Waals surface area contributed by atoms with Crippen molar-refractivity contribution >= 4 is 16.6 Å². The van der Waals surface area contributed by atoms with Gasteiger partial charge in [0.15, 0.2) is 11.5 Å². The van der Waals surface area contributed by atoms with Gasteiger partial charge in [-0.2, -0.15) is 0 Å². The summed E-state index contributed by atoms with van der Waals surface area (Å²) >= 11 is 0. The summed E-state index contributed by atoms with van der Waals surface area (Å²) in [5, 5.41) is 5.42. The van der Waals surface area contributed by atoms with Crippen LogP contribution in [0.5, 0.6) is 11.5 Å². The summed E-state index contributed by atoms with van der Waals surface area (Å²) in [5.41, 5.74) is 5.94. The first kappa shape index (κ1) is 13.0. The molecule has 1 unspecified atom stereocenters. The molecule has 2 heterocycles. The van der Waals surface area contributed by atoms with E-state index in [1.807, 2.05) is 18.2 Å². The van der Waals surface area contributed by atoms with Crippen molar-refractivity contribution in [1.29, 1.82) is 0 Å². The zero-order valence-corrected chi connectivity index (χ0v) is 11.6. The molecule has 3 N–H and O–H groups in total. The second kappa shape index (κ2) is 5.54. The molecule has 0 radical (unpaired) electrons. The van der Waals surface area contributed by atoms with E-state index in [0.717, 1.165) is 34.5 Å². The normalized spacial score (nSPS) is 15.1. The number of aromatic nitrogens is 1. The number of rotatable bonds is 4. The third-order valence-corrected chi connectivity index (χ3v) is 3.48. The number of fused-ring (bicyclic) bond motifs is 2. The van der Waals surface area contributed by atoms with E-state index in [-0.39, 0.29) is 6.04 Å². The number of nitrogens with one attached hydrogen (secondary N) is 1. The van der Waals surface area contributed by atoms with Crippen LogP contribution < -0.4 is 20.5 Å². The molecule has 0 spiro atoms. The highest BCUT2D eigenvalue weighted by Gasteiger charge is 2.14. The Kier molecular flexibility index (Phi) is 3.60. The molecule has 1 aliphatic heterocycles. The van der Waals surface area contributed by atoms with Gasteiger partial charge in [-0.05, 0) is 30.0 Å². The molecule has 0 aliphatic carbocycles. The van der Waals surface area contributed by atoms with E-state index in [1.54, 1.807) is 6.20 Å². The van der Waals surface area contributed by atoms with E-state index < -0.39 is 0 Å². The van der Waals surface area contributed by atoms with Crippen molar-refractivity contribution in [2.45, 2.75) is 19.4 Å². The van der Waals surface area contributed by atoms with Gasteiger partial charge in [-0.1, -0.05) is 6.92 Å². The van der Waals surface area contributed by atoms with Crippen LogP contribution in [0.15, 0.2) is 24.4 Å². The summed E-state index contributed by atoms with van der Waals surface area (Å²) in [4.78, 5) is 4.40. The fourth-order valence-corrected chi connectivity index (χ4v) is 2.22. The van der Waals surface area contributed by atoms with Gasteiger partial charge in [0.1, 0.15) is 19.0 Å². The van der Waals surface area contributed by atoms with E-state index in [1.165, 1.54) is 0 Å². The topological polar surface area (TPSA) is 69.4 Å². The van der Waals surface area contributed by atoms with Crippen LogP contribution in [0.2, 0.25) is 0 Å². The fraction of sp³-hybridized carbons (Fsp3) is 0.400. The molecule has 106 valence electrons. The highest BCUT2D eigenvalue weighted by Crippen LogP contribution is 2.36. The minimum Gasteiger partial charge on any atom is -0.486 e. The Bertz CT molecular complexity index is 615. The average molecular weight is 273 g/mol. The van der Waals surface area contributed by atoms with Crippen molar-refractivity contribution in [3.05, 3.63) is 24.4 Å². The van der Waals surface area contributed by atoms with Crippen LogP contribution in [-0.2, 0) is 0 Å². The predicted molar refractivity (Wildman–Crippen MR) is 79.5 cm³/mol. The maximum atomic E-state index is 5.94. The maximum absolute atomic E-state index is 5.94. The zero-order chi connectivity index (χ0) is 13.9. The van der Waals surface area contributed by atoms with Crippen LogP contribution in [0.4, 0.5) is 5.82 Å². The minimum atomic E-state index is 0.129. The van der Waals surface area contributed by atoms with Gasteiger partial charge in [0.05, 0.1) is 0 Å². The molecular formula is C15H19N3O2. The molecule has 5 nitrogen and oxygen atoms in total. The SMILES string of the molecule is CCC(N)CNc1nccc2cc3c(cc12)OCCO3. The first-order valence-corrected chi connectivity index (χ1v) is 6.95. The molecule has 1 aliphatic rings. The number of anilines is 1. The summed E-state index contributed by atoms with van der Waals surface area (Å²) < 4.78 is 11.2. The van der Waals surface area contributed by atoms with E-state index in [2.05, 4.69) is 17.2 Å². The van der Waals surface area contributed by atoms with Crippen LogP contribution in [0.25, 0.3) is 10.8 Å². The Balaban J connectivity index is 1.96. The summed E-state index contributed by atoms with van der Waals surface area (Å²) in [6.45, 7) is 3.96. The van der Waals surface area contributed by atoms with Crippen LogP contribution in [-0.4, -0.2) is 30.8 Å². The van der Waals surface area contributed by atoms with Gasteiger partial charge in [-0.15, -0.1) is 0 Å². The molecule has 3 rings (SSSR count). The average Bonchev–Trinajstić information content (AvgIpc) is 2.50. The molecule has 0 amide bonds. The number of benzene rings is 1. The van der Waals surface area contributed by atoms with Crippen molar-refractivity contribution in [1.82, 2.24) is 4.98 Å². The molecule has 1 aromatic heterocycles. The largest absolute Gasteiger partial charge is 0.486 e. The van der Waals surface area contributed by atoms with E-state index in [9.17, 15) is 0 Å². The van der Waals surface area contributed by atoms with Gasteiger partial charge in [0.2, 0.25) is 0 Å². The molecule has 0 fully saturated rings. The lowest BCUT2D eigenvalue weighted by atomic mass is 10.1. The third kappa shape index (κ3) is 2.49. The van der Waals surface area contributed by atoms with Crippen molar-refractivity contribution in [3.8, 4) is 11.5 Å². The quantitative estimate of drug-likeness (QED) is 0.893. The van der Waals surface area contributed by atoms with Gasteiger partial charge in [-0.3, -0.25) is 0 Å². The standard InChI is InChI=1S/C15H19N3O2/c1-2-11(16)9-18-15-12-8-14-13(19-5-6-20-14)7-10(12)3-4-17-15/h3-4,7-8,11H,2,5-6,9,16H2,1H3,(H,17,18). The predicted octanol–water partition coefficient (Wildman–Crippen LogP) is 2.16. The number of hydrogen-bond donors (Lipinski definition) is 2. The fourth-order valence-electron chi connectivity index (χ4n) is 2.22. The monoisotopic (exact) mass is 273 g/mol. The van der Waals surface area contributed by atoms with Gasteiger partial charge in [-0.25, -0.2) is 4.98 Å². The maximum Gasteiger partial charge on any atom is 0.162 e. The molecule has 20 heavy (non-hydrogen) atoms. The van der Waals surface area contributed by atoms with Crippen LogP contribution in [0.1, 0.15) is 13.3 Å². The summed E-state index contributed by atoms with van der Waals surface area (Å²) in [7, 11) is 0. The third-order valence-electron chi connectivity index (χ3n) is 3.48. The number of ether oxygens (including phenoxy) is 2. The molecular weight excluding hydrogens is 254 g/mol. The molecule has 2 aromatic rings. The number of nitrogens with zero attached hydrogens (tertiary/aromatic N) is 1. The molecule has 1 atom stereocenters. The molecule has 0 bridgehead atoms. The van der Waals surface area contributed by atoms with Crippen molar-refractivity contribution in [2.75, 3.05) is 25.1 Å². The van der Waals surface area contributed by atoms with Gasteiger partial charge >= 0.3 is 0 Å². The summed E-state index contributed by atoms with van der Waals surface area (Å²) in [6, 6.07) is 6.08. The molecule has 0 saturated carbocycles. The van der Waals surface area contributed by atoms with Gasteiger partial charge < -0.3 is 20.5 Å². The van der Waals surface area contributed by atoms with Crippen molar-refractivity contribution in [3.63, 3.8) is 0 Å². The first-order chi connectivity index (χ1) is 9.78. The lowest BCUT2D eigenvalue weighted by molar-refractivity contribution is 0.172. The Hall–Kier alpha value is -2.01. The zero-order valence-electron chi connectivity index (χ0n) is 11.6. The Morgan fingerprint density at radius 1 is 1.30 bits per heavy atom. The van der Waals surface area contributed by atoms with E-state index in [0.29, 0.717) is 19.8 Å². The van der Waals surface area contributed by atoms with Gasteiger partial charge in [0, 0.05) is 24.2 Å². The Labute approximate surface area is 118 Å². The van der Waals surface area contributed by atoms with E-state index in [4.69, 9.17) is 15.2 Å². The molecule has 1 aromatic carbocycles. The van der Waals surface area contributed by atoms with Crippen LogP contribution >= 0.6 is 0 Å². The minimum absolute atomic E-state index is 0.129. The van der Waals surface area contributed by atoms with Crippen LogP contribution in [0, 0.1) is 0 Å². The Morgan fingerprint density at radius 3 is 2.80 bits per heavy atom. The van der Waals surface area contributed by atoms with E-state index >= 15 is 0 Å². The highest BCUT2D eigenvalue weighted by atomic mass is 16.6. The van der Waals surface area contributed by atoms with Gasteiger partial charge in [0.25, 0.3) is 0 Å². The Morgan fingerprint density at radius 2 is 2.05 bits per heavy atom. The second-order valence-corrected chi connectivity index (χ2v) is 4.93. The van der Waals surface area contributed by atoms with Crippen LogP contribution in [0.3, 0.4) is 0 Å². The summed E-state index contributed by atoms with van der Waals surface area (Å²) in [6.07, 6.45) is 2.72. The number of nitrogens with two attached hydrogens (primary N) is 1. The summed E-state index contributed by atoms with van der Waals surface area (Å²) in [5.74, 6) is 2.41. The smallest absolute Gasteiger partial charge is 0.162 e. The highest BCUT2D eigenvalue weighted by molar-refractivity contribution is 5.94. The molecule has 0 saturated heterocycles. The molecule has 5 heteroatoms.